The first-order valence-electron chi connectivity index (χ1n) is 7.72. The average molecular weight is 388 g/mol. The number of amides is 1. The van der Waals surface area contributed by atoms with Gasteiger partial charge in [0.05, 0.1) is 25.3 Å². The predicted octanol–water partition coefficient (Wildman–Crippen LogP) is 2.67. The summed E-state index contributed by atoms with van der Waals surface area (Å²) < 4.78 is 10.5. The summed E-state index contributed by atoms with van der Waals surface area (Å²) >= 11 is 0. The second kappa shape index (κ2) is 10.4. The lowest BCUT2D eigenvalue weighted by molar-refractivity contribution is 0.0342. The van der Waals surface area contributed by atoms with Crippen LogP contribution in [0, 0.1) is 0 Å². The molecule has 2 heterocycles. The van der Waals surface area contributed by atoms with Crippen LogP contribution in [0.5, 0.6) is 0 Å². The Kier molecular flexibility index (Phi) is 8.96. The fourth-order valence-corrected chi connectivity index (χ4v) is 2.52. The van der Waals surface area contributed by atoms with Crippen LogP contribution in [-0.2, 0) is 17.8 Å². The van der Waals surface area contributed by atoms with Crippen LogP contribution in [0.2, 0.25) is 0 Å². The minimum atomic E-state index is -0.200. The van der Waals surface area contributed by atoms with Crippen molar-refractivity contribution >= 4 is 36.4 Å². The number of morpholine rings is 1. The van der Waals surface area contributed by atoms with Crippen molar-refractivity contribution in [3.63, 3.8) is 0 Å². The van der Waals surface area contributed by atoms with Crippen LogP contribution in [-0.4, -0.2) is 37.1 Å². The fraction of sp³-hybridized carbons (Fsp3) is 0.353. The summed E-state index contributed by atoms with van der Waals surface area (Å²) in [5.74, 6) is 0.394. The van der Waals surface area contributed by atoms with Crippen LogP contribution in [0.15, 0.2) is 41.0 Å². The van der Waals surface area contributed by atoms with E-state index in [1.54, 1.807) is 6.07 Å². The minimum Gasteiger partial charge on any atom is -0.467 e. The smallest absolute Gasteiger partial charge is 0.258 e. The number of ether oxygens (including phenoxy) is 1. The Morgan fingerprint density at radius 1 is 1.16 bits per heavy atom. The van der Waals surface area contributed by atoms with E-state index in [2.05, 4.69) is 10.2 Å². The summed E-state index contributed by atoms with van der Waals surface area (Å²) in [6.45, 7) is 4.70. The van der Waals surface area contributed by atoms with Gasteiger partial charge < -0.3 is 20.2 Å². The molecule has 1 amide bonds. The van der Waals surface area contributed by atoms with Crippen LogP contribution in [0.4, 0.5) is 5.69 Å². The lowest BCUT2D eigenvalue weighted by Gasteiger charge is -2.26. The Bertz CT molecular complexity index is 655. The Morgan fingerprint density at radius 2 is 1.84 bits per heavy atom. The molecule has 8 heteroatoms. The van der Waals surface area contributed by atoms with E-state index in [0.717, 1.165) is 38.5 Å². The zero-order valence-corrected chi connectivity index (χ0v) is 15.4. The number of nitrogens with one attached hydrogen (secondary N) is 1. The number of nitrogens with zero attached hydrogens (tertiary/aromatic N) is 1. The van der Waals surface area contributed by atoms with E-state index in [9.17, 15) is 4.79 Å². The molecule has 1 saturated heterocycles. The molecule has 0 radical (unpaired) electrons. The summed E-state index contributed by atoms with van der Waals surface area (Å²) in [6.07, 6.45) is 1.42. The third-order valence-corrected chi connectivity index (χ3v) is 3.84. The number of halogens is 2. The van der Waals surface area contributed by atoms with Gasteiger partial charge in [-0.3, -0.25) is 9.69 Å². The average Bonchev–Trinajstić information content (AvgIpc) is 3.07. The molecule has 0 atom stereocenters. The van der Waals surface area contributed by atoms with E-state index in [4.69, 9.17) is 14.9 Å². The number of rotatable bonds is 5. The molecule has 1 aliphatic rings. The quantitative estimate of drug-likeness (QED) is 0.823. The maximum absolute atomic E-state index is 12.1. The summed E-state index contributed by atoms with van der Waals surface area (Å²) in [6, 6.07) is 9.55. The molecule has 0 saturated carbocycles. The number of furan rings is 1. The molecule has 0 bridgehead atoms. The fourth-order valence-electron chi connectivity index (χ4n) is 2.52. The van der Waals surface area contributed by atoms with Gasteiger partial charge in [0.1, 0.15) is 12.0 Å². The van der Waals surface area contributed by atoms with E-state index < -0.39 is 0 Å². The monoisotopic (exact) mass is 387 g/mol. The van der Waals surface area contributed by atoms with Crippen molar-refractivity contribution < 1.29 is 13.9 Å². The van der Waals surface area contributed by atoms with E-state index in [1.807, 2.05) is 24.3 Å². The normalized spacial score (nSPS) is 14.3. The van der Waals surface area contributed by atoms with Gasteiger partial charge in [-0.05, 0) is 23.8 Å². The van der Waals surface area contributed by atoms with Crippen molar-refractivity contribution in [1.82, 2.24) is 4.90 Å². The van der Waals surface area contributed by atoms with Crippen LogP contribution >= 0.6 is 24.8 Å². The largest absolute Gasteiger partial charge is 0.467 e. The van der Waals surface area contributed by atoms with Gasteiger partial charge >= 0.3 is 0 Å². The second-order valence-corrected chi connectivity index (χ2v) is 5.55. The van der Waals surface area contributed by atoms with E-state index in [1.165, 1.54) is 11.8 Å². The van der Waals surface area contributed by atoms with E-state index in [0.29, 0.717) is 11.3 Å². The van der Waals surface area contributed by atoms with Crippen LogP contribution in [0.1, 0.15) is 21.7 Å². The zero-order chi connectivity index (χ0) is 16.1. The molecular weight excluding hydrogens is 365 g/mol. The Morgan fingerprint density at radius 3 is 2.44 bits per heavy atom. The highest BCUT2D eigenvalue weighted by Crippen LogP contribution is 2.15. The van der Waals surface area contributed by atoms with Crippen molar-refractivity contribution in [3.8, 4) is 0 Å². The molecule has 25 heavy (non-hydrogen) atoms. The van der Waals surface area contributed by atoms with Gasteiger partial charge in [-0.25, -0.2) is 0 Å². The van der Waals surface area contributed by atoms with E-state index in [-0.39, 0.29) is 37.3 Å². The molecule has 1 fully saturated rings. The van der Waals surface area contributed by atoms with Crippen molar-refractivity contribution in [3.05, 3.63) is 53.5 Å². The molecule has 3 N–H and O–H groups in total. The minimum absolute atomic E-state index is 0. The second-order valence-electron chi connectivity index (χ2n) is 5.55. The molecule has 1 aliphatic heterocycles. The number of carbonyl (C=O) groups excluding carboxylic acids is 1. The van der Waals surface area contributed by atoms with Crippen LogP contribution < -0.4 is 11.1 Å². The predicted molar refractivity (Wildman–Crippen MR) is 102 cm³/mol. The zero-order valence-electron chi connectivity index (χ0n) is 13.8. The van der Waals surface area contributed by atoms with Crippen LogP contribution in [0.25, 0.3) is 0 Å². The van der Waals surface area contributed by atoms with Gasteiger partial charge in [-0.1, -0.05) is 12.1 Å². The Labute approximate surface area is 159 Å². The molecule has 6 nitrogen and oxygen atoms in total. The lowest BCUT2D eigenvalue weighted by atomic mass is 10.2. The maximum atomic E-state index is 12.1. The summed E-state index contributed by atoms with van der Waals surface area (Å²) in [5.41, 5.74) is 7.93. The highest BCUT2D eigenvalue weighted by Gasteiger charge is 2.12. The molecule has 3 rings (SSSR count). The molecule has 0 aliphatic carbocycles. The summed E-state index contributed by atoms with van der Waals surface area (Å²) in [5, 5.41) is 2.85. The maximum Gasteiger partial charge on any atom is 0.258 e. The lowest BCUT2D eigenvalue weighted by Crippen LogP contribution is -2.35. The number of hydrogen-bond donors (Lipinski definition) is 2. The van der Waals surface area contributed by atoms with Crippen molar-refractivity contribution in [2.75, 3.05) is 31.6 Å². The first-order valence-corrected chi connectivity index (χ1v) is 7.72. The Hall–Kier alpha value is -1.57. The Balaban J connectivity index is 0.00000156. The molecule has 0 spiro atoms. The molecular formula is C17H23Cl2N3O3. The van der Waals surface area contributed by atoms with Crippen LogP contribution in [0.3, 0.4) is 0 Å². The summed E-state index contributed by atoms with van der Waals surface area (Å²) in [7, 11) is 0. The summed E-state index contributed by atoms with van der Waals surface area (Å²) in [4.78, 5) is 14.5. The topological polar surface area (TPSA) is 80.7 Å². The van der Waals surface area contributed by atoms with Gasteiger partial charge in [0.15, 0.2) is 0 Å². The van der Waals surface area contributed by atoms with Crippen molar-refractivity contribution in [2.45, 2.75) is 13.1 Å². The first-order chi connectivity index (χ1) is 11.2. The number of anilines is 1. The SMILES string of the molecule is Cl.Cl.NCc1cc(C(=O)Nc2ccc(CN3CCOCC3)cc2)co1. The molecule has 0 unspecified atom stereocenters. The number of carbonyl (C=O) groups is 1. The van der Waals surface area contributed by atoms with E-state index >= 15 is 0 Å². The van der Waals surface area contributed by atoms with Gasteiger partial charge in [0.25, 0.3) is 5.91 Å². The van der Waals surface area contributed by atoms with Gasteiger partial charge in [0.2, 0.25) is 0 Å². The number of nitrogens with two attached hydrogens (primary N) is 1. The van der Waals surface area contributed by atoms with Gasteiger partial charge in [-0.15, -0.1) is 24.8 Å². The van der Waals surface area contributed by atoms with Gasteiger partial charge in [-0.2, -0.15) is 0 Å². The number of benzene rings is 1. The standard InChI is InChI=1S/C17H21N3O3.2ClH/c18-10-16-9-14(12-23-16)17(21)19-15-3-1-13(2-4-15)11-20-5-7-22-8-6-20;;/h1-4,9,12H,5-8,10-11,18H2,(H,19,21);2*1H. The molecule has 1 aromatic heterocycles. The molecule has 1 aromatic carbocycles. The van der Waals surface area contributed by atoms with Crippen molar-refractivity contribution in [2.24, 2.45) is 5.73 Å². The molecule has 138 valence electrons. The highest BCUT2D eigenvalue weighted by molar-refractivity contribution is 6.04. The van der Waals surface area contributed by atoms with Crippen molar-refractivity contribution in [1.29, 1.82) is 0 Å². The van der Waals surface area contributed by atoms with Gasteiger partial charge in [0, 0.05) is 25.3 Å². The third-order valence-electron chi connectivity index (χ3n) is 3.84. The highest BCUT2D eigenvalue weighted by atomic mass is 35.5. The number of hydrogen-bond acceptors (Lipinski definition) is 5. The molecule has 2 aromatic rings. The first kappa shape index (κ1) is 21.5. The third kappa shape index (κ3) is 6.02.